The molecule has 0 radical (unpaired) electrons. The molecular formula is C43H42NO7-. The molecule has 8 nitrogen and oxygen atoms in total. The monoisotopic (exact) mass is 684 g/mol. The van der Waals surface area contributed by atoms with E-state index >= 15 is 0 Å². The molecule has 8 heteroatoms. The van der Waals surface area contributed by atoms with Crippen molar-refractivity contribution in [3.05, 3.63) is 149 Å². The Kier molecular flexibility index (Phi) is 10.9. The maximum Gasteiger partial charge on any atom is 0.164 e. The number of aliphatic hydroxyl groups is 1. The van der Waals surface area contributed by atoms with Crippen molar-refractivity contribution < 1.29 is 34.7 Å². The molecule has 0 aliphatic carbocycles. The smallest absolute Gasteiger partial charge is 0.164 e. The first-order valence-electron chi connectivity index (χ1n) is 17.0. The van der Waals surface area contributed by atoms with E-state index in [0.29, 0.717) is 36.3 Å². The number of rotatable bonds is 15. The number of aromatic nitrogens is 1. The zero-order chi connectivity index (χ0) is 35.9. The van der Waals surface area contributed by atoms with Crippen LogP contribution in [0.1, 0.15) is 45.7 Å². The first-order valence-corrected chi connectivity index (χ1v) is 17.0. The summed E-state index contributed by atoms with van der Waals surface area (Å²) in [5.74, 6) is -0.526. The molecule has 5 aromatic carbocycles. The zero-order valence-corrected chi connectivity index (χ0v) is 28.7. The number of fused-ring (bicyclic) bond motifs is 1. The Labute approximate surface area is 297 Å². The lowest BCUT2D eigenvalue weighted by Gasteiger charge is -2.27. The van der Waals surface area contributed by atoms with Gasteiger partial charge in [0.25, 0.3) is 0 Å². The molecule has 0 saturated heterocycles. The van der Waals surface area contributed by atoms with Crippen LogP contribution in [0.2, 0.25) is 0 Å². The van der Waals surface area contributed by atoms with Gasteiger partial charge in [0.15, 0.2) is 23.0 Å². The Morgan fingerprint density at radius 3 is 2.29 bits per heavy atom. The Balaban J connectivity index is 1.32. The molecule has 6 rings (SSSR count). The lowest BCUT2D eigenvalue weighted by atomic mass is 9.80. The van der Waals surface area contributed by atoms with Gasteiger partial charge in [0.2, 0.25) is 0 Å². The summed E-state index contributed by atoms with van der Waals surface area (Å²) in [5, 5.41) is 45.5. The van der Waals surface area contributed by atoms with Crippen molar-refractivity contribution in [2.45, 2.75) is 44.1 Å². The minimum Gasteiger partial charge on any atom is -0.670 e. The van der Waals surface area contributed by atoms with Crippen LogP contribution in [0.5, 0.6) is 28.7 Å². The SMILES string of the molecule is COc1cc(C[C@H](C(=O)C[C@@H](O)[C@H](Cc2cc[n-]c2)Cc2ccc(O)c(OC)c2Cc2cccc3ccccc23)c2cccc(O)c2)ccc1O. The second-order valence-electron chi connectivity index (χ2n) is 13.0. The summed E-state index contributed by atoms with van der Waals surface area (Å²) in [7, 11) is 3.00. The van der Waals surface area contributed by atoms with E-state index < -0.39 is 17.9 Å². The van der Waals surface area contributed by atoms with Crippen LogP contribution >= 0.6 is 0 Å². The molecule has 6 aromatic rings. The number of carbonyl (C=O) groups excluding carboxylic acids is 1. The average molecular weight is 685 g/mol. The fourth-order valence-electron chi connectivity index (χ4n) is 7.04. The lowest BCUT2D eigenvalue weighted by Crippen LogP contribution is -2.30. The van der Waals surface area contributed by atoms with Crippen molar-refractivity contribution in [1.82, 2.24) is 4.98 Å². The first kappa shape index (κ1) is 35.1. The Hall–Kier alpha value is -5.73. The number of phenolic OH excluding ortho intramolecular Hbond substituents is 3. The number of aromatic hydroxyl groups is 3. The van der Waals surface area contributed by atoms with Gasteiger partial charge in [0.1, 0.15) is 11.5 Å². The van der Waals surface area contributed by atoms with Crippen molar-refractivity contribution in [2.24, 2.45) is 5.92 Å². The van der Waals surface area contributed by atoms with Crippen molar-refractivity contribution in [3.8, 4) is 28.7 Å². The van der Waals surface area contributed by atoms with Gasteiger partial charge in [-0.15, -0.1) is 0 Å². The summed E-state index contributed by atoms with van der Waals surface area (Å²) < 4.78 is 11.1. The topological polar surface area (TPSA) is 131 Å². The summed E-state index contributed by atoms with van der Waals surface area (Å²) in [6.45, 7) is 0. The van der Waals surface area contributed by atoms with E-state index in [2.05, 4.69) is 29.2 Å². The summed E-state index contributed by atoms with van der Waals surface area (Å²) in [6.07, 6.45) is 3.94. The van der Waals surface area contributed by atoms with Crippen LogP contribution in [0.3, 0.4) is 0 Å². The number of carbonyl (C=O) groups is 1. The van der Waals surface area contributed by atoms with Crippen LogP contribution < -0.4 is 14.5 Å². The maximum atomic E-state index is 14.2. The number of Topliss-reactive ketones (excluding diaryl/α,β-unsaturated/α-hetero) is 1. The highest BCUT2D eigenvalue weighted by Crippen LogP contribution is 2.38. The maximum absolute atomic E-state index is 14.2. The number of hydrogen-bond donors (Lipinski definition) is 4. The molecule has 262 valence electrons. The summed E-state index contributed by atoms with van der Waals surface area (Å²) in [4.78, 5) is 18.5. The predicted molar refractivity (Wildman–Crippen MR) is 197 cm³/mol. The van der Waals surface area contributed by atoms with Gasteiger partial charge in [0.05, 0.1) is 20.3 Å². The van der Waals surface area contributed by atoms with E-state index in [1.807, 2.05) is 30.3 Å². The number of phenols is 3. The number of methoxy groups -OCH3 is 2. The van der Waals surface area contributed by atoms with Crippen molar-refractivity contribution in [2.75, 3.05) is 14.2 Å². The van der Waals surface area contributed by atoms with Crippen LogP contribution in [-0.4, -0.2) is 46.5 Å². The van der Waals surface area contributed by atoms with Gasteiger partial charge in [-0.05, 0) is 88.5 Å². The third-order valence-corrected chi connectivity index (χ3v) is 9.68. The molecule has 0 aliphatic rings. The van der Waals surface area contributed by atoms with Gasteiger partial charge < -0.3 is 34.9 Å². The normalized spacial score (nSPS) is 13.1. The van der Waals surface area contributed by atoms with Gasteiger partial charge in [-0.1, -0.05) is 78.4 Å². The average Bonchev–Trinajstić information content (AvgIpc) is 3.65. The highest BCUT2D eigenvalue weighted by molar-refractivity contribution is 5.87. The van der Waals surface area contributed by atoms with Crippen molar-refractivity contribution in [1.29, 1.82) is 0 Å². The molecule has 0 saturated carbocycles. The van der Waals surface area contributed by atoms with Gasteiger partial charge in [-0.2, -0.15) is 12.4 Å². The number of hydrogen-bond acceptors (Lipinski definition) is 7. The number of aliphatic hydroxyl groups excluding tert-OH is 1. The van der Waals surface area contributed by atoms with Crippen LogP contribution in [0.15, 0.2) is 116 Å². The fourth-order valence-corrected chi connectivity index (χ4v) is 7.04. The van der Waals surface area contributed by atoms with Gasteiger partial charge in [0, 0.05) is 24.3 Å². The van der Waals surface area contributed by atoms with E-state index in [0.717, 1.165) is 38.6 Å². The minimum atomic E-state index is -1.04. The second-order valence-corrected chi connectivity index (χ2v) is 13.0. The summed E-state index contributed by atoms with van der Waals surface area (Å²) >= 11 is 0. The molecule has 0 fully saturated rings. The molecule has 1 heterocycles. The first-order chi connectivity index (χ1) is 24.7. The van der Waals surface area contributed by atoms with Gasteiger partial charge >= 0.3 is 0 Å². The molecule has 0 aliphatic heterocycles. The van der Waals surface area contributed by atoms with Crippen LogP contribution in [0.25, 0.3) is 10.8 Å². The fraction of sp³-hybridized carbons (Fsp3) is 0.233. The summed E-state index contributed by atoms with van der Waals surface area (Å²) in [5.41, 5.74) is 5.11. The lowest BCUT2D eigenvalue weighted by molar-refractivity contribution is -0.123. The molecule has 0 spiro atoms. The quantitative estimate of drug-likeness (QED) is 0.0889. The van der Waals surface area contributed by atoms with E-state index in [-0.39, 0.29) is 35.9 Å². The Bertz CT molecular complexity index is 2100. The van der Waals surface area contributed by atoms with Crippen LogP contribution in [0.4, 0.5) is 0 Å². The number of ketones is 1. The zero-order valence-electron chi connectivity index (χ0n) is 28.7. The Morgan fingerprint density at radius 2 is 1.53 bits per heavy atom. The highest BCUT2D eigenvalue weighted by atomic mass is 16.5. The van der Waals surface area contributed by atoms with Crippen molar-refractivity contribution >= 4 is 16.6 Å². The minimum absolute atomic E-state index is 0.00701. The van der Waals surface area contributed by atoms with Gasteiger partial charge in [-0.3, -0.25) is 4.79 Å². The molecule has 3 atom stereocenters. The standard InChI is InChI=1S/C43H42NO7/c1-50-42-21-27(13-15-38(42)46)20-36(30-10-6-11-34(45)23-30)41(49)25-40(48)33(19-28-17-18-44-26-28)22-32-14-16-39(47)43(51-2)37(32)24-31-9-5-8-29-7-3-4-12-35(29)31/h3-18,21,23,26,33,36,40,45-48H,19-20,22,24-25H2,1-2H3/q-1/t33-,36+,40-/m1/s1. The molecule has 0 amide bonds. The number of ether oxygens (including phenoxy) is 2. The van der Waals surface area contributed by atoms with Gasteiger partial charge in [-0.25, -0.2) is 0 Å². The number of benzene rings is 5. The van der Waals surface area contributed by atoms with E-state index in [1.165, 1.54) is 20.3 Å². The third kappa shape index (κ3) is 8.19. The molecule has 51 heavy (non-hydrogen) atoms. The largest absolute Gasteiger partial charge is 0.670 e. The van der Waals surface area contributed by atoms with E-state index in [1.54, 1.807) is 54.9 Å². The molecule has 1 aromatic heterocycles. The molecule has 0 unspecified atom stereocenters. The third-order valence-electron chi connectivity index (χ3n) is 9.68. The molecule has 4 N–H and O–H groups in total. The summed E-state index contributed by atoms with van der Waals surface area (Å²) in [6, 6.07) is 31.3. The second kappa shape index (κ2) is 15.9. The van der Waals surface area contributed by atoms with E-state index in [4.69, 9.17) is 9.47 Å². The van der Waals surface area contributed by atoms with E-state index in [9.17, 15) is 25.2 Å². The Morgan fingerprint density at radius 1 is 0.745 bits per heavy atom. The van der Waals surface area contributed by atoms with Crippen molar-refractivity contribution in [3.63, 3.8) is 0 Å². The predicted octanol–water partition coefficient (Wildman–Crippen LogP) is 7.27. The molecule has 0 bridgehead atoms. The molecular weight excluding hydrogens is 642 g/mol. The van der Waals surface area contributed by atoms with Crippen LogP contribution in [0, 0.1) is 5.92 Å². The van der Waals surface area contributed by atoms with Crippen LogP contribution in [-0.2, 0) is 30.5 Å². The number of nitrogens with zero attached hydrogens (tertiary/aromatic N) is 1. The highest BCUT2D eigenvalue weighted by Gasteiger charge is 2.30.